The van der Waals surface area contributed by atoms with Gasteiger partial charge in [-0.2, -0.15) is 13.2 Å². The van der Waals surface area contributed by atoms with Gasteiger partial charge in [0.2, 0.25) is 0 Å². The fourth-order valence-corrected chi connectivity index (χ4v) is 5.15. The quantitative estimate of drug-likeness (QED) is 0.196. The molecule has 1 unspecified atom stereocenters. The normalized spacial score (nSPS) is 18.8. The number of hydrogen-bond acceptors (Lipinski definition) is 3. The summed E-state index contributed by atoms with van der Waals surface area (Å²) in [7, 11) is 0. The topological polar surface area (TPSA) is 35.5 Å². The molecule has 1 aliphatic carbocycles. The maximum atomic E-state index is 13.8. The third-order valence-electron chi connectivity index (χ3n) is 7.42. The number of esters is 1. The van der Waals surface area contributed by atoms with Crippen LogP contribution in [0.2, 0.25) is 0 Å². The van der Waals surface area contributed by atoms with Crippen molar-refractivity contribution in [2.24, 2.45) is 11.8 Å². The van der Waals surface area contributed by atoms with Crippen molar-refractivity contribution in [3.8, 4) is 16.9 Å². The summed E-state index contributed by atoms with van der Waals surface area (Å²) < 4.78 is 52.4. The second-order valence-corrected chi connectivity index (χ2v) is 10.3. The Morgan fingerprint density at radius 1 is 0.838 bits per heavy atom. The van der Waals surface area contributed by atoms with Crippen molar-refractivity contribution >= 4 is 5.97 Å². The van der Waals surface area contributed by atoms with Crippen LogP contribution >= 0.6 is 0 Å². The average molecular weight is 519 g/mol. The molecule has 3 nitrogen and oxygen atoms in total. The third kappa shape index (κ3) is 9.08. The number of carbonyl (C=O) groups is 1. The van der Waals surface area contributed by atoms with Crippen LogP contribution in [-0.4, -0.2) is 24.9 Å². The van der Waals surface area contributed by atoms with Gasteiger partial charge >= 0.3 is 12.1 Å². The summed E-state index contributed by atoms with van der Waals surface area (Å²) in [6.45, 7) is 4.99. The molecule has 0 amide bonds. The van der Waals surface area contributed by atoms with Crippen LogP contribution < -0.4 is 4.74 Å². The number of halogens is 3. The monoisotopic (exact) mass is 518 g/mol. The summed E-state index contributed by atoms with van der Waals surface area (Å²) in [5.74, 6) is -0.305. The SMILES string of the molecule is CCCCCCOc1ccc(-c2ccc(C(=O)OC([C@H]3CC[C@H](CCCC)CC3)C(F)(F)F)cc2)cc1. The molecular weight excluding hydrogens is 477 g/mol. The lowest BCUT2D eigenvalue weighted by Crippen LogP contribution is -2.41. The minimum Gasteiger partial charge on any atom is -0.494 e. The van der Waals surface area contributed by atoms with Crippen LogP contribution in [0.4, 0.5) is 13.2 Å². The first-order valence-electron chi connectivity index (χ1n) is 13.9. The van der Waals surface area contributed by atoms with Crippen molar-refractivity contribution in [1.82, 2.24) is 0 Å². The molecule has 0 radical (unpaired) electrons. The second-order valence-electron chi connectivity index (χ2n) is 10.3. The molecule has 6 heteroatoms. The van der Waals surface area contributed by atoms with E-state index < -0.39 is 24.2 Å². The van der Waals surface area contributed by atoms with Crippen LogP contribution in [0.3, 0.4) is 0 Å². The van der Waals surface area contributed by atoms with Crippen molar-refractivity contribution in [2.45, 2.75) is 96.8 Å². The Hall–Kier alpha value is -2.50. The Kier molecular flexibility index (Phi) is 11.3. The maximum absolute atomic E-state index is 13.8. The molecule has 37 heavy (non-hydrogen) atoms. The van der Waals surface area contributed by atoms with E-state index >= 15 is 0 Å². The molecule has 0 aromatic heterocycles. The molecule has 1 atom stereocenters. The molecule has 1 saturated carbocycles. The molecule has 0 bridgehead atoms. The summed E-state index contributed by atoms with van der Waals surface area (Å²) >= 11 is 0. The van der Waals surface area contributed by atoms with Gasteiger partial charge in [-0.15, -0.1) is 0 Å². The van der Waals surface area contributed by atoms with Crippen LogP contribution in [0.25, 0.3) is 11.1 Å². The molecule has 2 aromatic carbocycles. The highest BCUT2D eigenvalue weighted by atomic mass is 19.4. The standard InChI is InChI=1S/C31H41F3O3/c1-3-5-7-8-22-36-28-20-18-25(19-21-28)24-14-16-27(17-15-24)30(35)37-29(31(32,33)34)26-12-10-23(11-13-26)9-6-4-2/h14-21,23,26,29H,3-13,22H2,1-2H3/t23-,26-,29?. The second kappa shape index (κ2) is 14.4. The Balaban J connectivity index is 1.56. The molecular formula is C31H41F3O3. The summed E-state index contributed by atoms with van der Waals surface area (Å²) in [6.07, 6.45) is 3.68. The van der Waals surface area contributed by atoms with E-state index in [4.69, 9.17) is 9.47 Å². The predicted molar refractivity (Wildman–Crippen MR) is 142 cm³/mol. The van der Waals surface area contributed by atoms with E-state index in [1.165, 1.54) is 25.0 Å². The lowest BCUT2D eigenvalue weighted by Gasteiger charge is -2.34. The zero-order valence-electron chi connectivity index (χ0n) is 22.2. The largest absolute Gasteiger partial charge is 0.494 e. The summed E-state index contributed by atoms with van der Waals surface area (Å²) in [5.41, 5.74) is 1.93. The molecule has 1 aliphatic rings. The first-order chi connectivity index (χ1) is 17.8. The van der Waals surface area contributed by atoms with E-state index in [1.54, 1.807) is 12.1 Å². The van der Waals surface area contributed by atoms with E-state index in [0.717, 1.165) is 61.8 Å². The number of alkyl halides is 3. The number of hydrogen-bond donors (Lipinski definition) is 0. The molecule has 3 rings (SSSR count). The van der Waals surface area contributed by atoms with Gasteiger partial charge in [0, 0.05) is 5.92 Å². The number of unbranched alkanes of at least 4 members (excludes halogenated alkanes) is 4. The number of carbonyl (C=O) groups excluding carboxylic acids is 1. The van der Waals surface area contributed by atoms with Gasteiger partial charge in [0.15, 0.2) is 6.10 Å². The van der Waals surface area contributed by atoms with Crippen molar-refractivity contribution in [2.75, 3.05) is 6.61 Å². The fraction of sp³-hybridized carbons (Fsp3) is 0.581. The number of rotatable bonds is 13. The Morgan fingerprint density at radius 3 is 2.00 bits per heavy atom. The van der Waals surface area contributed by atoms with Crippen LogP contribution in [-0.2, 0) is 4.74 Å². The maximum Gasteiger partial charge on any atom is 0.425 e. The highest BCUT2D eigenvalue weighted by Crippen LogP contribution is 2.40. The summed E-state index contributed by atoms with van der Waals surface area (Å²) in [6, 6.07) is 14.2. The van der Waals surface area contributed by atoms with Gasteiger partial charge in [0.25, 0.3) is 0 Å². The van der Waals surface area contributed by atoms with Gasteiger partial charge in [0.05, 0.1) is 12.2 Å². The van der Waals surface area contributed by atoms with Crippen molar-refractivity contribution in [3.05, 3.63) is 54.1 Å². The van der Waals surface area contributed by atoms with Gasteiger partial charge in [-0.05, 0) is 60.6 Å². The molecule has 0 saturated heterocycles. The zero-order valence-corrected chi connectivity index (χ0v) is 22.2. The summed E-state index contributed by atoms with van der Waals surface area (Å²) in [4.78, 5) is 12.7. The van der Waals surface area contributed by atoms with Gasteiger partial charge in [-0.3, -0.25) is 0 Å². The van der Waals surface area contributed by atoms with E-state index in [9.17, 15) is 18.0 Å². The van der Waals surface area contributed by atoms with Crippen LogP contribution in [0.15, 0.2) is 48.5 Å². The molecule has 204 valence electrons. The first-order valence-corrected chi connectivity index (χ1v) is 13.9. The number of benzene rings is 2. The molecule has 0 spiro atoms. The van der Waals surface area contributed by atoms with E-state index in [-0.39, 0.29) is 5.56 Å². The highest BCUT2D eigenvalue weighted by molar-refractivity contribution is 5.90. The Labute approximate surface area is 219 Å². The molecule has 1 fully saturated rings. The van der Waals surface area contributed by atoms with Crippen LogP contribution in [0.5, 0.6) is 5.75 Å². The van der Waals surface area contributed by atoms with Gasteiger partial charge in [-0.25, -0.2) is 4.79 Å². The van der Waals surface area contributed by atoms with Gasteiger partial charge < -0.3 is 9.47 Å². The van der Waals surface area contributed by atoms with Gasteiger partial charge in [0.1, 0.15) is 5.75 Å². The van der Waals surface area contributed by atoms with E-state index in [2.05, 4.69) is 13.8 Å². The molecule has 2 aromatic rings. The summed E-state index contributed by atoms with van der Waals surface area (Å²) in [5, 5.41) is 0. The average Bonchev–Trinajstić information content (AvgIpc) is 2.90. The van der Waals surface area contributed by atoms with Crippen molar-refractivity contribution in [3.63, 3.8) is 0 Å². The predicted octanol–water partition coefficient (Wildman–Crippen LogP) is 9.40. The Bertz CT molecular complexity index is 930. The zero-order chi connectivity index (χ0) is 26.7. The van der Waals surface area contributed by atoms with Crippen molar-refractivity contribution < 1.29 is 27.4 Å². The number of ether oxygens (including phenoxy) is 2. The smallest absolute Gasteiger partial charge is 0.425 e. The van der Waals surface area contributed by atoms with E-state index in [1.807, 2.05) is 24.3 Å². The fourth-order valence-electron chi connectivity index (χ4n) is 5.15. The minimum absolute atomic E-state index is 0.127. The van der Waals surface area contributed by atoms with Gasteiger partial charge in [-0.1, -0.05) is 89.5 Å². The molecule has 0 aliphatic heterocycles. The van der Waals surface area contributed by atoms with Crippen molar-refractivity contribution in [1.29, 1.82) is 0 Å². The lowest BCUT2D eigenvalue weighted by molar-refractivity contribution is -0.223. The van der Waals surface area contributed by atoms with Crippen LogP contribution in [0, 0.1) is 11.8 Å². The molecule has 0 heterocycles. The lowest BCUT2D eigenvalue weighted by atomic mass is 9.77. The Morgan fingerprint density at radius 2 is 1.43 bits per heavy atom. The highest BCUT2D eigenvalue weighted by Gasteiger charge is 2.48. The van der Waals surface area contributed by atoms with Crippen LogP contribution in [0.1, 0.15) is 94.8 Å². The molecule has 0 N–H and O–H groups in total. The first kappa shape index (κ1) is 29.1. The van der Waals surface area contributed by atoms with E-state index in [0.29, 0.717) is 25.4 Å². The minimum atomic E-state index is -4.57. The third-order valence-corrected chi connectivity index (χ3v) is 7.42.